The number of hydrogen-bond donors (Lipinski definition) is 2. The Hall–Kier alpha value is -1.07. The van der Waals surface area contributed by atoms with Gasteiger partial charge in [-0.1, -0.05) is 18.2 Å². The minimum Gasteiger partial charge on any atom is -0.480 e. The van der Waals surface area contributed by atoms with Crippen LogP contribution in [0.1, 0.15) is 19.4 Å². The Labute approximate surface area is 104 Å². The van der Waals surface area contributed by atoms with Gasteiger partial charge < -0.3 is 10.8 Å². The Balaban J connectivity index is 2.67. The van der Waals surface area contributed by atoms with E-state index in [1.807, 2.05) is 0 Å². The highest BCUT2D eigenvalue weighted by atomic mass is 32.2. The van der Waals surface area contributed by atoms with Crippen LogP contribution in [0.25, 0.3) is 0 Å². The van der Waals surface area contributed by atoms with Crippen molar-refractivity contribution in [3.8, 4) is 0 Å². The van der Waals surface area contributed by atoms with E-state index < -0.39 is 16.8 Å². The van der Waals surface area contributed by atoms with E-state index in [1.54, 1.807) is 32.0 Å². The van der Waals surface area contributed by atoms with Crippen LogP contribution < -0.4 is 5.73 Å². The first-order chi connectivity index (χ1) is 7.84. The van der Waals surface area contributed by atoms with Gasteiger partial charge >= 0.3 is 5.97 Å². The lowest BCUT2D eigenvalue weighted by atomic mass is 10.1. The summed E-state index contributed by atoms with van der Waals surface area (Å²) in [6.07, 6.45) is 0. The Morgan fingerprint density at radius 2 is 2.12 bits per heavy atom. The smallest absolute Gasteiger partial charge is 0.321 e. The van der Waals surface area contributed by atoms with Crippen molar-refractivity contribution in [1.29, 1.82) is 0 Å². The number of hydrogen-bond acceptors (Lipinski definition) is 3. The second-order valence-corrected chi connectivity index (χ2v) is 5.93. The highest BCUT2D eigenvalue weighted by molar-refractivity contribution is 7.99. The first kappa shape index (κ1) is 14.0. The summed E-state index contributed by atoms with van der Waals surface area (Å²) in [5, 5.41) is 8.86. The van der Waals surface area contributed by atoms with E-state index in [0.29, 0.717) is 11.3 Å². The van der Waals surface area contributed by atoms with Gasteiger partial charge in [-0.3, -0.25) is 4.79 Å². The number of carbonyl (C=O) groups is 1. The molecule has 94 valence electrons. The maximum atomic E-state index is 13.4. The minimum atomic E-state index is -1.05. The summed E-state index contributed by atoms with van der Waals surface area (Å²) in [5.41, 5.74) is 6.14. The highest BCUT2D eigenvalue weighted by Gasteiger charge is 2.32. The van der Waals surface area contributed by atoms with Crippen LogP contribution in [-0.2, 0) is 10.5 Å². The Bertz CT molecular complexity index is 409. The quantitative estimate of drug-likeness (QED) is 0.849. The van der Waals surface area contributed by atoms with Gasteiger partial charge in [-0.2, -0.15) is 0 Å². The second kappa shape index (κ2) is 5.51. The van der Waals surface area contributed by atoms with Crippen LogP contribution in [0.4, 0.5) is 4.39 Å². The van der Waals surface area contributed by atoms with Crippen molar-refractivity contribution in [2.75, 3.05) is 0 Å². The van der Waals surface area contributed by atoms with Gasteiger partial charge in [-0.25, -0.2) is 4.39 Å². The van der Waals surface area contributed by atoms with Crippen LogP contribution in [0.15, 0.2) is 24.3 Å². The molecule has 1 rings (SSSR count). The molecule has 0 aliphatic rings. The summed E-state index contributed by atoms with van der Waals surface area (Å²) in [6.45, 7) is 3.49. The molecule has 0 amide bonds. The molecule has 1 aromatic rings. The Kier molecular flexibility index (Phi) is 4.54. The second-order valence-electron chi connectivity index (χ2n) is 4.30. The Morgan fingerprint density at radius 3 is 2.65 bits per heavy atom. The van der Waals surface area contributed by atoms with E-state index in [-0.39, 0.29) is 5.82 Å². The fourth-order valence-electron chi connectivity index (χ4n) is 1.27. The van der Waals surface area contributed by atoms with Crippen molar-refractivity contribution in [2.45, 2.75) is 30.4 Å². The van der Waals surface area contributed by atoms with E-state index in [1.165, 1.54) is 17.8 Å². The predicted molar refractivity (Wildman–Crippen MR) is 67.4 cm³/mol. The molecule has 0 spiro atoms. The van der Waals surface area contributed by atoms with Crippen LogP contribution >= 0.6 is 11.8 Å². The van der Waals surface area contributed by atoms with Crippen LogP contribution in [0.2, 0.25) is 0 Å². The number of carboxylic acid groups (broad SMARTS) is 1. The SMILES string of the molecule is CC(C)(SCc1ccccc1F)[C@H](N)C(=O)O. The molecule has 0 heterocycles. The van der Waals surface area contributed by atoms with Crippen LogP contribution in [0, 0.1) is 5.82 Å². The van der Waals surface area contributed by atoms with Gasteiger partial charge in [0.2, 0.25) is 0 Å². The number of aliphatic carboxylic acids is 1. The molecular formula is C12H16FNO2S. The summed E-state index contributed by atoms with van der Waals surface area (Å²) >= 11 is 1.34. The van der Waals surface area contributed by atoms with Crippen molar-refractivity contribution in [3.05, 3.63) is 35.6 Å². The molecule has 1 aromatic carbocycles. The van der Waals surface area contributed by atoms with Crippen LogP contribution in [-0.4, -0.2) is 21.9 Å². The van der Waals surface area contributed by atoms with Gasteiger partial charge in [-0.05, 0) is 25.5 Å². The number of benzene rings is 1. The highest BCUT2D eigenvalue weighted by Crippen LogP contribution is 2.31. The fourth-order valence-corrected chi connectivity index (χ4v) is 2.31. The molecule has 0 fully saturated rings. The van der Waals surface area contributed by atoms with Crippen LogP contribution in [0.3, 0.4) is 0 Å². The summed E-state index contributed by atoms with van der Waals surface area (Å²) in [4.78, 5) is 10.8. The molecule has 0 saturated carbocycles. The lowest BCUT2D eigenvalue weighted by molar-refractivity contribution is -0.139. The number of thioether (sulfide) groups is 1. The van der Waals surface area contributed by atoms with E-state index in [4.69, 9.17) is 10.8 Å². The van der Waals surface area contributed by atoms with E-state index in [9.17, 15) is 9.18 Å². The monoisotopic (exact) mass is 257 g/mol. The van der Waals surface area contributed by atoms with Gasteiger partial charge in [0.15, 0.2) is 0 Å². The topological polar surface area (TPSA) is 63.3 Å². The summed E-state index contributed by atoms with van der Waals surface area (Å²) in [7, 11) is 0. The summed E-state index contributed by atoms with van der Waals surface area (Å²) in [6, 6.07) is 5.48. The molecule has 0 saturated heterocycles. The van der Waals surface area contributed by atoms with Gasteiger partial charge in [0.25, 0.3) is 0 Å². The van der Waals surface area contributed by atoms with Gasteiger partial charge in [0, 0.05) is 10.5 Å². The third kappa shape index (κ3) is 3.71. The van der Waals surface area contributed by atoms with Gasteiger partial charge in [0.1, 0.15) is 11.9 Å². The zero-order valence-corrected chi connectivity index (χ0v) is 10.6. The number of halogens is 1. The molecule has 0 bridgehead atoms. The number of carboxylic acids is 1. The molecule has 0 aromatic heterocycles. The first-order valence-electron chi connectivity index (χ1n) is 5.20. The molecular weight excluding hydrogens is 241 g/mol. The fraction of sp³-hybridized carbons (Fsp3) is 0.417. The molecule has 17 heavy (non-hydrogen) atoms. The number of rotatable bonds is 5. The molecule has 0 aliphatic heterocycles. The van der Waals surface area contributed by atoms with Crippen molar-refractivity contribution in [1.82, 2.24) is 0 Å². The zero-order chi connectivity index (χ0) is 13.1. The van der Waals surface area contributed by atoms with Gasteiger partial charge in [0.05, 0.1) is 0 Å². The average Bonchev–Trinajstić information content (AvgIpc) is 2.27. The summed E-state index contributed by atoms with van der Waals surface area (Å²) < 4.78 is 12.7. The van der Waals surface area contributed by atoms with E-state index in [2.05, 4.69) is 0 Å². The third-order valence-electron chi connectivity index (χ3n) is 2.57. The average molecular weight is 257 g/mol. The third-order valence-corrected chi connectivity index (χ3v) is 4.03. The number of nitrogens with two attached hydrogens (primary N) is 1. The van der Waals surface area contributed by atoms with Crippen molar-refractivity contribution in [3.63, 3.8) is 0 Å². The maximum Gasteiger partial charge on any atom is 0.321 e. The largest absolute Gasteiger partial charge is 0.480 e. The molecule has 0 radical (unpaired) electrons. The standard InChI is InChI=1S/C12H16FNO2S/c1-12(2,10(14)11(15)16)17-7-8-5-3-4-6-9(8)13/h3-6,10H,7,14H2,1-2H3,(H,15,16)/t10-/m1/s1. The lowest BCUT2D eigenvalue weighted by Gasteiger charge is -2.28. The van der Waals surface area contributed by atoms with Crippen LogP contribution in [0.5, 0.6) is 0 Å². The normalized spacial score (nSPS) is 13.4. The van der Waals surface area contributed by atoms with Crippen molar-refractivity contribution in [2.24, 2.45) is 5.73 Å². The molecule has 5 heteroatoms. The maximum absolute atomic E-state index is 13.4. The zero-order valence-electron chi connectivity index (χ0n) is 9.81. The van der Waals surface area contributed by atoms with Crippen molar-refractivity contribution < 1.29 is 14.3 Å². The minimum absolute atomic E-state index is 0.278. The summed E-state index contributed by atoms with van der Waals surface area (Å²) in [5.74, 6) is -0.920. The molecule has 0 aliphatic carbocycles. The predicted octanol–water partition coefficient (Wildman–Crippen LogP) is 2.25. The first-order valence-corrected chi connectivity index (χ1v) is 6.19. The molecule has 1 atom stereocenters. The van der Waals surface area contributed by atoms with Gasteiger partial charge in [-0.15, -0.1) is 11.8 Å². The van der Waals surface area contributed by atoms with Crippen molar-refractivity contribution >= 4 is 17.7 Å². The lowest BCUT2D eigenvalue weighted by Crippen LogP contribution is -2.46. The molecule has 3 N–H and O–H groups in total. The van der Waals surface area contributed by atoms with E-state index >= 15 is 0 Å². The molecule has 3 nitrogen and oxygen atoms in total. The van der Waals surface area contributed by atoms with E-state index in [0.717, 1.165) is 0 Å². The Morgan fingerprint density at radius 1 is 1.53 bits per heavy atom. The molecule has 0 unspecified atom stereocenters.